The van der Waals surface area contributed by atoms with Gasteiger partial charge in [0, 0.05) is 49.3 Å². The number of carbonyl (C=O) groups is 2. The Labute approximate surface area is 208 Å². The Morgan fingerprint density at radius 2 is 1.88 bits per heavy atom. The van der Waals surface area contributed by atoms with Crippen LogP contribution in [0.2, 0.25) is 0 Å². The van der Waals surface area contributed by atoms with Gasteiger partial charge in [0.25, 0.3) is 0 Å². The maximum absolute atomic E-state index is 13.2. The highest BCUT2D eigenvalue weighted by molar-refractivity contribution is 9.10. The third-order valence-corrected chi connectivity index (χ3v) is 6.93. The van der Waals surface area contributed by atoms with Crippen molar-refractivity contribution in [2.24, 2.45) is 7.05 Å². The summed E-state index contributed by atoms with van der Waals surface area (Å²) in [6, 6.07) is 15.6. The Hall–Kier alpha value is -3.13. The molecule has 0 spiro atoms. The van der Waals surface area contributed by atoms with Crippen LogP contribution in [0.4, 0.5) is 5.69 Å². The van der Waals surface area contributed by atoms with Crippen LogP contribution in [-0.2, 0) is 29.7 Å². The van der Waals surface area contributed by atoms with Crippen molar-refractivity contribution in [1.82, 2.24) is 19.4 Å². The standard InChI is InChI=1S/C26H30BrN5O2/c1-30-16-21(29-18-30)17-31(15-19-8-10-20(28)11-9-19)25(33)12-13-26(34)32-14-4-7-24(32)22-5-2-3-6-23(22)27/h2-3,5-6,8-11,16,18,24H,4,7,12-15,17,28H2,1H3. The molecule has 1 aliphatic heterocycles. The van der Waals surface area contributed by atoms with Gasteiger partial charge in [-0.05, 0) is 42.2 Å². The molecule has 0 radical (unpaired) electrons. The number of aryl methyl sites for hydroxylation is 1. The summed E-state index contributed by atoms with van der Waals surface area (Å²) in [5.74, 6) is -0.0376. The van der Waals surface area contributed by atoms with Crippen molar-refractivity contribution >= 4 is 33.4 Å². The van der Waals surface area contributed by atoms with Crippen LogP contribution in [0.5, 0.6) is 0 Å². The molecule has 3 aromatic rings. The van der Waals surface area contributed by atoms with Gasteiger partial charge in [0.05, 0.1) is 24.6 Å². The normalized spacial score (nSPS) is 15.5. The highest BCUT2D eigenvalue weighted by atomic mass is 79.9. The van der Waals surface area contributed by atoms with Crippen molar-refractivity contribution < 1.29 is 9.59 Å². The average molecular weight is 524 g/mol. The maximum Gasteiger partial charge on any atom is 0.223 e. The number of hydrogen-bond acceptors (Lipinski definition) is 4. The summed E-state index contributed by atoms with van der Waals surface area (Å²) >= 11 is 3.62. The van der Waals surface area contributed by atoms with Crippen LogP contribution in [0.25, 0.3) is 0 Å². The second-order valence-corrected chi connectivity index (χ2v) is 9.64. The highest BCUT2D eigenvalue weighted by Gasteiger charge is 2.31. The van der Waals surface area contributed by atoms with E-state index in [2.05, 4.69) is 27.0 Å². The number of amides is 2. The molecule has 0 bridgehead atoms. The molecule has 2 heterocycles. The minimum atomic E-state index is -0.0625. The van der Waals surface area contributed by atoms with Crippen molar-refractivity contribution in [3.63, 3.8) is 0 Å². The Morgan fingerprint density at radius 1 is 1.12 bits per heavy atom. The quantitative estimate of drug-likeness (QED) is 0.442. The predicted molar refractivity (Wildman–Crippen MR) is 135 cm³/mol. The molecule has 178 valence electrons. The smallest absolute Gasteiger partial charge is 0.223 e. The van der Waals surface area contributed by atoms with Crippen molar-refractivity contribution in [2.45, 2.75) is 44.8 Å². The molecular formula is C26H30BrN5O2. The van der Waals surface area contributed by atoms with Gasteiger partial charge >= 0.3 is 0 Å². The third kappa shape index (κ3) is 5.86. The van der Waals surface area contributed by atoms with Gasteiger partial charge in [-0.1, -0.05) is 46.3 Å². The molecule has 1 unspecified atom stereocenters. The van der Waals surface area contributed by atoms with Crippen LogP contribution < -0.4 is 5.73 Å². The van der Waals surface area contributed by atoms with Crippen molar-refractivity contribution in [3.05, 3.63) is 82.3 Å². The van der Waals surface area contributed by atoms with E-state index in [0.717, 1.165) is 40.7 Å². The second kappa shape index (κ2) is 10.9. The van der Waals surface area contributed by atoms with Crippen LogP contribution in [0.15, 0.2) is 65.5 Å². The molecule has 2 N–H and O–H groups in total. The Balaban J connectivity index is 1.42. The van der Waals surface area contributed by atoms with Crippen LogP contribution in [0.1, 0.15) is 48.5 Å². The van der Waals surface area contributed by atoms with Gasteiger partial charge in [-0.2, -0.15) is 0 Å². The lowest BCUT2D eigenvalue weighted by Crippen LogP contribution is -2.34. The lowest BCUT2D eigenvalue weighted by atomic mass is 10.0. The monoisotopic (exact) mass is 523 g/mol. The average Bonchev–Trinajstić information content (AvgIpc) is 3.47. The zero-order chi connectivity index (χ0) is 24.1. The zero-order valence-corrected chi connectivity index (χ0v) is 20.9. The van der Waals surface area contributed by atoms with E-state index in [1.165, 1.54) is 0 Å². The van der Waals surface area contributed by atoms with Gasteiger partial charge in [-0.15, -0.1) is 0 Å². The Morgan fingerprint density at radius 3 is 2.59 bits per heavy atom. The van der Waals surface area contributed by atoms with E-state index < -0.39 is 0 Å². The summed E-state index contributed by atoms with van der Waals surface area (Å²) in [5.41, 5.74) is 9.41. The number of nitrogen functional groups attached to an aromatic ring is 1. The lowest BCUT2D eigenvalue weighted by Gasteiger charge is -2.27. The van der Waals surface area contributed by atoms with Crippen LogP contribution in [-0.4, -0.2) is 37.7 Å². The molecule has 1 aromatic heterocycles. The predicted octanol–water partition coefficient (Wildman–Crippen LogP) is 4.44. The first kappa shape index (κ1) is 24.0. The van der Waals surface area contributed by atoms with Crippen LogP contribution >= 0.6 is 15.9 Å². The second-order valence-electron chi connectivity index (χ2n) is 8.79. The number of benzene rings is 2. The molecule has 2 aromatic carbocycles. The number of nitrogens with zero attached hydrogens (tertiary/aromatic N) is 4. The number of likely N-dealkylation sites (tertiary alicyclic amines) is 1. The first-order chi connectivity index (χ1) is 16.4. The van der Waals surface area contributed by atoms with E-state index in [0.29, 0.717) is 18.8 Å². The summed E-state index contributed by atoms with van der Waals surface area (Å²) < 4.78 is 2.88. The maximum atomic E-state index is 13.2. The number of imidazole rings is 1. The largest absolute Gasteiger partial charge is 0.399 e. The third-order valence-electron chi connectivity index (χ3n) is 6.21. The van der Waals surface area contributed by atoms with Gasteiger partial charge in [-0.25, -0.2) is 4.98 Å². The van der Waals surface area contributed by atoms with E-state index in [4.69, 9.17) is 5.73 Å². The van der Waals surface area contributed by atoms with Gasteiger partial charge in [0.1, 0.15) is 0 Å². The van der Waals surface area contributed by atoms with Gasteiger partial charge in [-0.3, -0.25) is 9.59 Å². The SMILES string of the molecule is Cn1cnc(CN(Cc2ccc(N)cc2)C(=O)CCC(=O)N2CCCC2c2ccccc2Br)c1. The molecule has 7 nitrogen and oxygen atoms in total. The molecule has 2 amide bonds. The molecular weight excluding hydrogens is 494 g/mol. The number of anilines is 1. The van der Waals surface area contributed by atoms with Gasteiger partial charge in [0.15, 0.2) is 0 Å². The summed E-state index contributed by atoms with van der Waals surface area (Å²) in [6.45, 7) is 1.55. The van der Waals surface area contributed by atoms with E-state index in [1.807, 2.05) is 65.2 Å². The number of halogens is 1. The van der Waals surface area contributed by atoms with Crippen molar-refractivity contribution in [1.29, 1.82) is 0 Å². The first-order valence-electron chi connectivity index (χ1n) is 11.5. The summed E-state index contributed by atoms with van der Waals surface area (Å²) in [7, 11) is 1.90. The summed E-state index contributed by atoms with van der Waals surface area (Å²) in [4.78, 5) is 34.4. The Bertz CT molecular complexity index is 1140. The molecule has 1 saturated heterocycles. The van der Waals surface area contributed by atoms with Gasteiger partial charge < -0.3 is 20.1 Å². The molecule has 0 aliphatic carbocycles. The van der Waals surface area contributed by atoms with E-state index >= 15 is 0 Å². The molecule has 34 heavy (non-hydrogen) atoms. The lowest BCUT2D eigenvalue weighted by molar-refractivity contribution is -0.138. The number of rotatable bonds is 8. The molecule has 1 atom stereocenters. The van der Waals surface area contributed by atoms with Crippen LogP contribution in [0.3, 0.4) is 0 Å². The molecule has 0 saturated carbocycles. The molecule has 1 aliphatic rings. The summed E-state index contributed by atoms with van der Waals surface area (Å²) in [5, 5.41) is 0. The molecule has 4 rings (SSSR count). The minimum Gasteiger partial charge on any atom is -0.399 e. The fourth-order valence-electron chi connectivity index (χ4n) is 4.47. The minimum absolute atomic E-state index is 0.0249. The topological polar surface area (TPSA) is 84.5 Å². The number of aromatic nitrogens is 2. The number of nitrogens with two attached hydrogens (primary N) is 1. The fourth-order valence-corrected chi connectivity index (χ4v) is 5.02. The molecule has 8 heteroatoms. The summed E-state index contributed by atoms with van der Waals surface area (Å²) in [6.07, 6.45) is 5.89. The molecule has 1 fully saturated rings. The number of hydrogen-bond donors (Lipinski definition) is 1. The first-order valence-corrected chi connectivity index (χ1v) is 12.3. The number of carbonyl (C=O) groups excluding carboxylic acids is 2. The van der Waals surface area contributed by atoms with Crippen molar-refractivity contribution in [3.8, 4) is 0 Å². The van der Waals surface area contributed by atoms with E-state index in [1.54, 1.807) is 11.2 Å². The van der Waals surface area contributed by atoms with Gasteiger partial charge in [0.2, 0.25) is 11.8 Å². The van der Waals surface area contributed by atoms with Crippen LogP contribution in [0, 0.1) is 0 Å². The zero-order valence-electron chi connectivity index (χ0n) is 19.4. The Kier molecular flexibility index (Phi) is 7.67. The fraction of sp³-hybridized carbons (Fsp3) is 0.346. The van der Waals surface area contributed by atoms with E-state index in [-0.39, 0.29) is 30.7 Å². The highest BCUT2D eigenvalue weighted by Crippen LogP contribution is 2.36. The van der Waals surface area contributed by atoms with Crippen molar-refractivity contribution in [2.75, 3.05) is 12.3 Å². The van der Waals surface area contributed by atoms with E-state index in [9.17, 15) is 9.59 Å².